The second-order valence-electron chi connectivity index (χ2n) is 31.3. The Kier molecular flexibility index (Phi) is 17.7. The highest BCUT2D eigenvalue weighted by Crippen LogP contribution is 2.47. The van der Waals surface area contributed by atoms with Crippen LogP contribution < -0.4 is 54.3 Å². The van der Waals surface area contributed by atoms with Crippen molar-refractivity contribution in [1.29, 1.82) is 0 Å². The lowest BCUT2D eigenvalue weighted by Crippen LogP contribution is -2.30. The summed E-state index contributed by atoms with van der Waals surface area (Å²) in [7, 11) is 0. The van der Waals surface area contributed by atoms with Gasteiger partial charge in [0, 0.05) is 44.4 Å². The molecule has 19 nitrogen and oxygen atoms in total. The SMILES string of the molecule is C=Cc1nc(-n2c(=O)c3cc4c(=O)n(-c5cccc(N(c6ccc(C(C)(C)c7ccccc7)cc6)c6ccc(C(C)(C)c7ccccc7)cc6)c5O)c(=O)c4cc3c2=O)nc(-n2c(=O)c3cc4c(=O)n(-c5cccc(N(c6ccc(C(C)(C)c7ccccc7)cc6)c6ccc(C(C)(C)c7ccccc7)cc6)c5O)c(=O)c4cc3c2=O)n1. The van der Waals surface area contributed by atoms with Crippen LogP contribution in [0.15, 0.2) is 324 Å². The third-order valence-electron chi connectivity index (χ3n) is 23.3. The van der Waals surface area contributed by atoms with E-state index in [4.69, 9.17) is 0 Å². The second kappa shape index (κ2) is 27.8. The lowest BCUT2D eigenvalue weighted by atomic mass is 9.78. The van der Waals surface area contributed by atoms with Gasteiger partial charge in [0.15, 0.2) is 17.3 Å². The van der Waals surface area contributed by atoms with Crippen molar-refractivity contribution in [3.05, 3.63) is 419 Å². The fourth-order valence-electron chi connectivity index (χ4n) is 16.2. The molecule has 0 atom stereocenters. The van der Waals surface area contributed by atoms with E-state index in [1.165, 1.54) is 12.1 Å². The minimum absolute atomic E-state index is 0.178. The van der Waals surface area contributed by atoms with Crippen LogP contribution in [0, 0.1) is 0 Å². The van der Waals surface area contributed by atoms with Gasteiger partial charge >= 0.3 is 0 Å². The first-order valence-corrected chi connectivity index (χ1v) is 37.9. The lowest BCUT2D eigenvalue weighted by molar-refractivity contribution is 0.472. The predicted octanol–water partition coefficient (Wildman–Crippen LogP) is 16.6. The van der Waals surface area contributed by atoms with Gasteiger partial charge in [-0.1, -0.05) is 244 Å². The monoisotopic (exact) mass is 1530 g/mol. The van der Waals surface area contributed by atoms with Crippen LogP contribution >= 0.6 is 0 Å². The fourth-order valence-corrected chi connectivity index (χ4v) is 16.2. The van der Waals surface area contributed by atoms with Gasteiger partial charge in [0.1, 0.15) is 0 Å². The highest BCUT2D eigenvalue weighted by atomic mass is 16.3. The van der Waals surface area contributed by atoms with Crippen LogP contribution in [0.2, 0.25) is 0 Å². The zero-order chi connectivity index (χ0) is 81.2. The molecule has 0 saturated heterocycles. The number of hydrogen-bond acceptors (Lipinski definition) is 15. The van der Waals surface area contributed by atoms with Crippen molar-refractivity contribution >= 4 is 83.3 Å². The molecule has 0 aliphatic rings. The number of para-hydroxylation sites is 2. The number of aromatic nitrogens is 7. The molecular formula is C97H75N9O10. The van der Waals surface area contributed by atoms with Gasteiger partial charge in [0.25, 0.3) is 44.5 Å². The first-order chi connectivity index (χ1) is 55.7. The highest BCUT2D eigenvalue weighted by molar-refractivity contribution is 6.00. The molecule has 0 radical (unpaired) electrons. The topological polar surface area (TPSA) is 242 Å². The molecule has 0 saturated carbocycles. The molecule has 0 aliphatic carbocycles. The van der Waals surface area contributed by atoms with Crippen molar-refractivity contribution in [2.24, 2.45) is 0 Å². The van der Waals surface area contributed by atoms with E-state index in [0.29, 0.717) is 31.9 Å². The summed E-state index contributed by atoms with van der Waals surface area (Å²) in [6, 6.07) is 86.3. The quantitative estimate of drug-likeness (QED) is 0.0765. The molecule has 17 rings (SSSR count). The molecule has 0 fully saturated rings. The molecular weight excluding hydrogens is 1450 g/mol. The number of aromatic hydroxyl groups is 2. The van der Waals surface area contributed by atoms with Gasteiger partial charge in [-0.3, -0.25) is 38.4 Å². The van der Waals surface area contributed by atoms with Gasteiger partial charge < -0.3 is 20.0 Å². The minimum atomic E-state index is -1.05. The van der Waals surface area contributed by atoms with E-state index < -0.39 is 67.9 Å². The summed E-state index contributed by atoms with van der Waals surface area (Å²) in [5.41, 5.74) is 1.86. The standard InChI is InChI=1S/C97H75N9O10/c1-10-81-98-92(105-88(113)73-53-69-70(54-74(73)89(105)114)85(110)103(84(69)109)79-35-23-33-77(82(79)107)101(65-45-37-61(38-46-65)94(2,3)57-25-15-11-16-26-57)66-47-39-62(40-48-66)95(4,5)58-27-17-12-18-28-58)100-93(99-81)106-90(115)75-55-71-72(56-76(75)91(106)116)87(112)104(86(71)111)80-36-24-34-78(83(80)108)102(67-49-41-63(42-50-67)96(6,7)59-29-19-13-20-30-59)68-51-43-64(44-52-68)97(8,9)60-31-21-14-22-32-60/h10-56,107-108H,1H2,2-9H3. The molecule has 0 unspecified atom stereocenters. The van der Waals surface area contributed by atoms with Crippen molar-refractivity contribution in [3.8, 4) is 34.8 Å². The summed E-state index contributed by atoms with van der Waals surface area (Å²) in [6.07, 6.45) is 1.12. The van der Waals surface area contributed by atoms with Crippen LogP contribution in [-0.4, -0.2) is 43.4 Å². The predicted molar refractivity (Wildman–Crippen MR) is 459 cm³/mol. The summed E-state index contributed by atoms with van der Waals surface area (Å²) in [5.74, 6) is -2.49. The third kappa shape index (κ3) is 11.9. The van der Waals surface area contributed by atoms with E-state index in [9.17, 15) is 48.6 Å². The van der Waals surface area contributed by atoms with Crippen LogP contribution in [0.1, 0.15) is 106 Å². The van der Waals surface area contributed by atoms with Crippen molar-refractivity contribution in [2.75, 3.05) is 9.80 Å². The number of anilines is 6. The van der Waals surface area contributed by atoms with Crippen LogP contribution in [0.25, 0.3) is 72.4 Å². The molecule has 19 heteroatoms. The van der Waals surface area contributed by atoms with Gasteiger partial charge in [-0.2, -0.15) is 15.0 Å². The Morgan fingerprint density at radius 1 is 0.276 bits per heavy atom. The largest absolute Gasteiger partial charge is 0.504 e. The van der Waals surface area contributed by atoms with E-state index in [-0.39, 0.29) is 93.3 Å². The lowest BCUT2D eigenvalue weighted by Gasteiger charge is -2.30. The van der Waals surface area contributed by atoms with E-state index in [1.807, 2.05) is 180 Å². The van der Waals surface area contributed by atoms with Crippen molar-refractivity contribution in [3.63, 3.8) is 0 Å². The molecule has 2 N–H and O–H groups in total. The molecule has 0 spiro atoms. The van der Waals surface area contributed by atoms with Crippen molar-refractivity contribution < 1.29 is 10.2 Å². The molecule has 0 aliphatic heterocycles. The third-order valence-corrected chi connectivity index (χ3v) is 23.3. The molecule has 12 aromatic carbocycles. The molecule has 0 amide bonds. The van der Waals surface area contributed by atoms with E-state index >= 15 is 0 Å². The number of phenolic OH excluding ortho intramolecular Hbond substituents is 2. The highest BCUT2D eigenvalue weighted by Gasteiger charge is 2.33. The Morgan fingerprint density at radius 2 is 0.491 bits per heavy atom. The summed E-state index contributed by atoms with van der Waals surface area (Å²) in [4.78, 5) is 135. The zero-order valence-corrected chi connectivity index (χ0v) is 64.5. The first-order valence-electron chi connectivity index (χ1n) is 37.9. The molecule has 116 heavy (non-hydrogen) atoms. The van der Waals surface area contributed by atoms with E-state index in [2.05, 4.69) is 125 Å². The number of nitrogens with zero attached hydrogens (tertiary/aromatic N) is 9. The number of benzene rings is 12. The van der Waals surface area contributed by atoms with Gasteiger partial charge in [-0.25, -0.2) is 18.3 Å². The van der Waals surface area contributed by atoms with Crippen molar-refractivity contribution in [2.45, 2.75) is 77.0 Å². The number of fused-ring (bicyclic) bond motifs is 4. The first kappa shape index (κ1) is 73.9. The molecule has 17 aromatic rings. The average Bonchev–Trinajstić information content (AvgIpc) is 1.56. The van der Waals surface area contributed by atoms with Gasteiger partial charge in [-0.05, 0) is 148 Å². The van der Waals surface area contributed by atoms with Crippen LogP contribution in [0.4, 0.5) is 34.1 Å². The summed E-state index contributed by atoms with van der Waals surface area (Å²) >= 11 is 0. The number of rotatable bonds is 19. The summed E-state index contributed by atoms with van der Waals surface area (Å²) in [5, 5.41) is 22.9. The normalized spacial score (nSPS) is 12.2. The van der Waals surface area contributed by atoms with Gasteiger partial charge in [0.05, 0.1) is 65.8 Å². The Labute approximate surface area is 663 Å². The maximum absolute atomic E-state index is 14.9. The van der Waals surface area contributed by atoms with Crippen LogP contribution in [0.3, 0.4) is 0 Å². The fraction of sp³-hybridized carbons (Fsp3) is 0.124. The van der Waals surface area contributed by atoms with Crippen LogP contribution in [0.5, 0.6) is 11.5 Å². The molecule has 5 aromatic heterocycles. The zero-order valence-electron chi connectivity index (χ0n) is 64.5. The van der Waals surface area contributed by atoms with Gasteiger partial charge in [-0.15, -0.1) is 0 Å². The Hall–Kier alpha value is -14.9. The van der Waals surface area contributed by atoms with Gasteiger partial charge in [0.2, 0.25) is 11.9 Å². The van der Waals surface area contributed by atoms with Crippen molar-refractivity contribution in [1.82, 2.24) is 33.2 Å². The summed E-state index contributed by atoms with van der Waals surface area (Å²) < 4.78 is 2.70. The van der Waals surface area contributed by atoms with E-state index in [0.717, 1.165) is 84.0 Å². The molecule has 5 heterocycles. The number of phenols is 2. The van der Waals surface area contributed by atoms with E-state index in [1.54, 1.807) is 24.3 Å². The molecule has 568 valence electrons. The Morgan fingerprint density at radius 3 is 0.716 bits per heavy atom. The molecule has 0 bridgehead atoms. The summed E-state index contributed by atoms with van der Waals surface area (Å²) in [6.45, 7) is 20.9. The number of hydrogen-bond donors (Lipinski definition) is 2. The average molecular weight is 1530 g/mol. The van der Waals surface area contributed by atoms with Crippen LogP contribution in [-0.2, 0) is 21.7 Å². The Bertz CT molecular complexity index is 6500. The Balaban J connectivity index is 0.714. The second-order valence-corrected chi connectivity index (χ2v) is 31.3. The maximum Gasteiger partial charge on any atom is 0.268 e. The maximum atomic E-state index is 14.9. The smallest absolute Gasteiger partial charge is 0.268 e. The minimum Gasteiger partial charge on any atom is -0.504 e.